The van der Waals surface area contributed by atoms with Gasteiger partial charge in [-0.2, -0.15) is 0 Å². The van der Waals surface area contributed by atoms with E-state index in [0.29, 0.717) is 0 Å². The molecule has 0 unspecified atom stereocenters. The maximum Gasteiger partial charge on any atom is 0.343 e. The van der Waals surface area contributed by atoms with Crippen molar-refractivity contribution in [3.05, 3.63) is 71.4 Å². The van der Waals surface area contributed by atoms with Crippen molar-refractivity contribution in [2.75, 3.05) is 12.4 Å². The molecule has 1 aliphatic carbocycles. The first kappa shape index (κ1) is 18.2. The molecule has 28 heavy (non-hydrogen) atoms. The lowest BCUT2D eigenvalue weighted by Gasteiger charge is -2.17. The van der Waals surface area contributed by atoms with E-state index >= 15 is 0 Å². The number of hydrogen-bond acceptors (Lipinski definition) is 3. The number of benzene rings is 2. The molecule has 0 spiro atoms. The molecular weight excluding hydrogens is 350 g/mol. The largest absolute Gasteiger partial charge is 0.343 e. The Hall–Kier alpha value is -3.18. The topological polar surface area (TPSA) is 63.2 Å². The normalized spacial score (nSPS) is 12.5. The summed E-state index contributed by atoms with van der Waals surface area (Å²) in [5.41, 5.74) is 10.9. The van der Waals surface area contributed by atoms with Crippen molar-refractivity contribution in [2.24, 2.45) is 0 Å². The van der Waals surface area contributed by atoms with Crippen molar-refractivity contribution in [1.82, 2.24) is 10.5 Å². The number of fused-ring (bicyclic) bond motifs is 1. The van der Waals surface area contributed by atoms with Crippen LogP contribution in [0.4, 0.5) is 10.5 Å². The average molecular weight is 373 g/mol. The quantitative estimate of drug-likeness (QED) is 0.640. The number of carbonyl (C=O) groups is 1. The van der Waals surface area contributed by atoms with Gasteiger partial charge in [0.1, 0.15) is 0 Å². The molecule has 5 heteroatoms. The minimum absolute atomic E-state index is 0.378. The van der Waals surface area contributed by atoms with E-state index in [9.17, 15) is 4.79 Å². The molecule has 2 aromatic carbocycles. The Morgan fingerprint density at radius 1 is 1.07 bits per heavy atom. The molecule has 0 bridgehead atoms. The lowest BCUT2D eigenvalue weighted by molar-refractivity contribution is 0.114. The van der Waals surface area contributed by atoms with Gasteiger partial charge in [-0.1, -0.05) is 36.4 Å². The van der Waals surface area contributed by atoms with Crippen LogP contribution in [-0.4, -0.2) is 18.1 Å². The molecule has 0 atom stereocenters. The number of amides is 2. The molecule has 1 heterocycles. The fourth-order valence-corrected chi connectivity index (χ4v) is 3.89. The van der Waals surface area contributed by atoms with Crippen LogP contribution in [-0.2, 0) is 17.7 Å². The van der Waals surface area contributed by atoms with Crippen molar-refractivity contribution in [2.45, 2.75) is 26.2 Å². The summed E-state index contributed by atoms with van der Waals surface area (Å²) >= 11 is 0. The maximum absolute atomic E-state index is 12.2. The highest BCUT2D eigenvalue weighted by molar-refractivity contribution is 5.96. The zero-order chi connectivity index (χ0) is 19.5. The molecule has 0 radical (unpaired) electrons. The average Bonchev–Trinajstić information content (AvgIpc) is 3.18. The Balaban J connectivity index is 1.80. The van der Waals surface area contributed by atoms with Crippen LogP contribution in [0.3, 0.4) is 0 Å². The molecule has 4 rings (SSSR count). The van der Waals surface area contributed by atoms with Gasteiger partial charge in [0.25, 0.3) is 0 Å². The Morgan fingerprint density at radius 2 is 1.93 bits per heavy atom. The molecule has 0 fully saturated rings. The Kier molecular flexibility index (Phi) is 5.08. The number of nitrogens with zero attached hydrogens (tertiary/aromatic N) is 1. The molecule has 2 amide bonds. The zero-order valence-electron chi connectivity index (χ0n) is 16.1. The van der Waals surface area contributed by atoms with E-state index in [1.165, 1.54) is 23.8 Å². The zero-order valence-corrected chi connectivity index (χ0v) is 16.1. The van der Waals surface area contributed by atoms with Gasteiger partial charge in [-0.15, -0.1) is 0 Å². The van der Waals surface area contributed by atoms with Crippen molar-refractivity contribution in [3.8, 4) is 22.4 Å². The molecule has 142 valence electrons. The highest BCUT2D eigenvalue weighted by Crippen LogP contribution is 2.38. The summed E-state index contributed by atoms with van der Waals surface area (Å²) in [6, 6.07) is 16.2. The molecule has 2 N–H and O–H groups in total. The summed E-state index contributed by atoms with van der Waals surface area (Å²) in [5, 5.41) is 2.99. The molecule has 0 aliphatic heterocycles. The summed E-state index contributed by atoms with van der Waals surface area (Å²) in [4.78, 5) is 21.5. The van der Waals surface area contributed by atoms with E-state index < -0.39 is 0 Å². The number of hydroxylamine groups is 1. The van der Waals surface area contributed by atoms with Gasteiger partial charge in [-0.25, -0.2) is 10.3 Å². The van der Waals surface area contributed by atoms with Gasteiger partial charge >= 0.3 is 6.03 Å². The SMILES string of the molecule is CONC(=O)Nc1c(-c2ccnc(-c3ccccc3C)c2)ccc2c1CCC2. The molecular formula is C23H23N3O2. The Bertz CT molecular complexity index is 1030. The van der Waals surface area contributed by atoms with Crippen molar-refractivity contribution >= 4 is 11.7 Å². The van der Waals surface area contributed by atoms with Crippen LogP contribution in [0.25, 0.3) is 22.4 Å². The van der Waals surface area contributed by atoms with E-state index in [1.807, 2.05) is 24.4 Å². The van der Waals surface area contributed by atoms with Crippen LogP contribution in [0, 0.1) is 6.92 Å². The van der Waals surface area contributed by atoms with Gasteiger partial charge in [-0.3, -0.25) is 9.82 Å². The van der Waals surface area contributed by atoms with Crippen molar-refractivity contribution < 1.29 is 9.63 Å². The molecule has 5 nitrogen and oxygen atoms in total. The van der Waals surface area contributed by atoms with Crippen molar-refractivity contribution in [3.63, 3.8) is 0 Å². The van der Waals surface area contributed by atoms with E-state index in [2.05, 4.69) is 53.0 Å². The third kappa shape index (κ3) is 3.49. The molecule has 0 saturated heterocycles. The first-order chi connectivity index (χ1) is 13.7. The van der Waals surface area contributed by atoms with Crippen LogP contribution in [0.15, 0.2) is 54.7 Å². The minimum Gasteiger partial charge on any atom is -0.305 e. The number of rotatable bonds is 4. The first-order valence-corrected chi connectivity index (χ1v) is 9.44. The summed E-state index contributed by atoms with van der Waals surface area (Å²) < 4.78 is 0. The van der Waals surface area contributed by atoms with Crippen molar-refractivity contribution in [1.29, 1.82) is 0 Å². The third-order valence-electron chi connectivity index (χ3n) is 5.21. The number of nitrogens with one attached hydrogen (secondary N) is 2. The Labute approximate surface area is 164 Å². The van der Waals surface area contributed by atoms with Gasteiger partial charge in [-0.05, 0) is 60.6 Å². The van der Waals surface area contributed by atoms with Gasteiger partial charge in [0.2, 0.25) is 0 Å². The smallest absolute Gasteiger partial charge is 0.305 e. The highest BCUT2D eigenvalue weighted by Gasteiger charge is 2.20. The van der Waals surface area contributed by atoms with E-state index in [4.69, 9.17) is 4.84 Å². The first-order valence-electron chi connectivity index (χ1n) is 9.44. The molecule has 1 aliphatic rings. The number of pyridine rings is 1. The highest BCUT2D eigenvalue weighted by atomic mass is 16.6. The monoisotopic (exact) mass is 373 g/mol. The number of anilines is 1. The van der Waals surface area contributed by atoms with Crippen LogP contribution in [0.2, 0.25) is 0 Å². The summed E-state index contributed by atoms with van der Waals surface area (Å²) in [7, 11) is 1.42. The standard InChI is InChI=1S/C23H23N3O2/c1-15-6-3-4-8-18(15)21-14-17(12-13-24-21)20-11-10-16-7-5-9-19(16)22(20)25-23(27)26-28-2/h3-4,6,8,10-14H,5,7,9H2,1-2H3,(H2,25,26,27). The second-order valence-corrected chi connectivity index (χ2v) is 6.98. The molecule has 0 saturated carbocycles. The van der Waals surface area contributed by atoms with Crippen LogP contribution >= 0.6 is 0 Å². The van der Waals surface area contributed by atoms with Gasteiger partial charge in [0, 0.05) is 17.3 Å². The maximum atomic E-state index is 12.2. The number of aryl methyl sites for hydroxylation is 2. The number of hydrogen-bond donors (Lipinski definition) is 2. The summed E-state index contributed by atoms with van der Waals surface area (Å²) in [6.07, 6.45) is 4.93. The Morgan fingerprint density at radius 3 is 2.75 bits per heavy atom. The summed E-state index contributed by atoms with van der Waals surface area (Å²) in [6.45, 7) is 2.08. The second-order valence-electron chi connectivity index (χ2n) is 6.98. The molecule has 1 aromatic heterocycles. The van der Waals surface area contributed by atoms with Gasteiger partial charge in [0.05, 0.1) is 18.5 Å². The second kappa shape index (κ2) is 7.82. The lowest BCUT2D eigenvalue weighted by atomic mass is 9.96. The van der Waals surface area contributed by atoms with E-state index in [0.717, 1.165) is 47.3 Å². The predicted molar refractivity (Wildman–Crippen MR) is 111 cm³/mol. The summed E-state index contributed by atoms with van der Waals surface area (Å²) in [5.74, 6) is 0. The van der Waals surface area contributed by atoms with Crippen LogP contribution in [0.5, 0.6) is 0 Å². The number of carbonyl (C=O) groups excluding carboxylic acids is 1. The van der Waals surface area contributed by atoms with E-state index in [-0.39, 0.29) is 6.03 Å². The number of urea groups is 1. The number of aromatic nitrogens is 1. The fraction of sp³-hybridized carbons (Fsp3) is 0.217. The molecule has 3 aromatic rings. The van der Waals surface area contributed by atoms with Crippen LogP contribution < -0.4 is 10.8 Å². The predicted octanol–water partition coefficient (Wildman–Crippen LogP) is 4.90. The van der Waals surface area contributed by atoms with Crippen LogP contribution in [0.1, 0.15) is 23.1 Å². The third-order valence-corrected chi connectivity index (χ3v) is 5.21. The lowest BCUT2D eigenvalue weighted by Crippen LogP contribution is -2.28. The van der Waals surface area contributed by atoms with E-state index in [1.54, 1.807) is 0 Å². The van der Waals surface area contributed by atoms with Gasteiger partial charge < -0.3 is 5.32 Å². The fourth-order valence-electron chi connectivity index (χ4n) is 3.89. The minimum atomic E-state index is -0.378. The van der Waals surface area contributed by atoms with Gasteiger partial charge in [0.15, 0.2) is 0 Å².